The van der Waals surface area contributed by atoms with Gasteiger partial charge in [0, 0.05) is 6.54 Å². The maximum atomic E-state index is 12.1. The van der Waals surface area contributed by atoms with Crippen molar-refractivity contribution in [1.82, 2.24) is 10.6 Å². The molecule has 0 saturated heterocycles. The van der Waals surface area contributed by atoms with E-state index in [0.717, 1.165) is 11.1 Å². The molecule has 2 aromatic carbocycles. The summed E-state index contributed by atoms with van der Waals surface area (Å²) in [6.07, 6.45) is 0. The van der Waals surface area contributed by atoms with Crippen molar-refractivity contribution in [1.29, 1.82) is 0 Å². The van der Waals surface area contributed by atoms with Gasteiger partial charge in [-0.15, -0.1) is 0 Å². The van der Waals surface area contributed by atoms with Crippen LogP contribution >= 0.6 is 0 Å². The highest BCUT2D eigenvalue weighted by molar-refractivity contribution is 6.35. The number of hydrogen-bond acceptors (Lipinski definition) is 2. The van der Waals surface area contributed by atoms with Crippen molar-refractivity contribution in [3.63, 3.8) is 0 Å². The zero-order valence-electron chi connectivity index (χ0n) is 13.5. The number of carbonyl (C=O) groups is 2. The van der Waals surface area contributed by atoms with Gasteiger partial charge in [-0.1, -0.05) is 74.5 Å². The predicted octanol–water partition coefficient (Wildman–Crippen LogP) is 2.82. The largest absolute Gasteiger partial charge is 0.344 e. The summed E-state index contributed by atoms with van der Waals surface area (Å²) in [6.45, 7) is 4.37. The van der Waals surface area contributed by atoms with E-state index in [-0.39, 0.29) is 12.0 Å². The zero-order valence-corrected chi connectivity index (χ0v) is 13.5. The standard InChI is InChI=1S/C19H22N2O2/c1-14(2)17(16-11-7-4-8-12-16)21-19(23)18(22)20-13-15-9-5-3-6-10-15/h3-12,14,17H,13H2,1-2H3,(H,20,22)(H,21,23). The van der Waals surface area contributed by atoms with Crippen LogP contribution in [0.25, 0.3) is 0 Å². The summed E-state index contributed by atoms with van der Waals surface area (Å²) < 4.78 is 0. The third-order valence-corrected chi connectivity index (χ3v) is 3.61. The van der Waals surface area contributed by atoms with Crippen molar-refractivity contribution in [2.75, 3.05) is 0 Å². The number of rotatable bonds is 5. The van der Waals surface area contributed by atoms with Crippen LogP contribution in [-0.2, 0) is 16.1 Å². The lowest BCUT2D eigenvalue weighted by molar-refractivity contribution is -0.139. The van der Waals surface area contributed by atoms with E-state index in [2.05, 4.69) is 10.6 Å². The Labute approximate surface area is 136 Å². The lowest BCUT2D eigenvalue weighted by atomic mass is 9.96. The van der Waals surface area contributed by atoms with E-state index in [0.29, 0.717) is 6.54 Å². The van der Waals surface area contributed by atoms with Crippen molar-refractivity contribution < 1.29 is 9.59 Å². The fourth-order valence-electron chi connectivity index (χ4n) is 2.36. The Morgan fingerprint density at radius 1 is 0.870 bits per heavy atom. The first-order valence-corrected chi connectivity index (χ1v) is 7.75. The van der Waals surface area contributed by atoms with Gasteiger partial charge in [-0.25, -0.2) is 0 Å². The second-order valence-electron chi connectivity index (χ2n) is 5.77. The van der Waals surface area contributed by atoms with Gasteiger partial charge in [0.1, 0.15) is 0 Å². The minimum Gasteiger partial charge on any atom is -0.344 e. The Morgan fingerprint density at radius 3 is 2.00 bits per heavy atom. The van der Waals surface area contributed by atoms with Crippen LogP contribution in [0.5, 0.6) is 0 Å². The molecule has 2 rings (SSSR count). The molecule has 4 nitrogen and oxygen atoms in total. The number of amides is 2. The quantitative estimate of drug-likeness (QED) is 0.834. The van der Waals surface area contributed by atoms with Gasteiger partial charge in [0.15, 0.2) is 0 Å². The van der Waals surface area contributed by atoms with Crippen molar-refractivity contribution in [3.8, 4) is 0 Å². The van der Waals surface area contributed by atoms with Gasteiger partial charge in [-0.05, 0) is 17.0 Å². The molecule has 2 aromatic rings. The van der Waals surface area contributed by atoms with E-state index in [9.17, 15) is 9.59 Å². The van der Waals surface area contributed by atoms with Gasteiger partial charge in [-0.2, -0.15) is 0 Å². The van der Waals surface area contributed by atoms with E-state index in [4.69, 9.17) is 0 Å². The molecule has 0 spiro atoms. The Morgan fingerprint density at radius 2 is 1.43 bits per heavy atom. The van der Waals surface area contributed by atoms with E-state index < -0.39 is 11.8 Å². The van der Waals surface area contributed by atoms with E-state index in [1.165, 1.54) is 0 Å². The first-order valence-electron chi connectivity index (χ1n) is 7.75. The van der Waals surface area contributed by atoms with Crippen LogP contribution in [0.15, 0.2) is 60.7 Å². The minimum absolute atomic E-state index is 0.184. The summed E-state index contributed by atoms with van der Waals surface area (Å²) in [4.78, 5) is 24.1. The number of benzene rings is 2. The highest BCUT2D eigenvalue weighted by Crippen LogP contribution is 2.21. The van der Waals surface area contributed by atoms with Crippen LogP contribution in [0.3, 0.4) is 0 Å². The Kier molecular flexibility index (Phi) is 5.92. The van der Waals surface area contributed by atoms with Crippen molar-refractivity contribution in [2.24, 2.45) is 5.92 Å². The molecule has 120 valence electrons. The van der Waals surface area contributed by atoms with Gasteiger partial charge in [0.05, 0.1) is 6.04 Å². The van der Waals surface area contributed by atoms with Crippen molar-refractivity contribution >= 4 is 11.8 Å². The van der Waals surface area contributed by atoms with Crippen LogP contribution in [-0.4, -0.2) is 11.8 Å². The average molecular weight is 310 g/mol. The van der Waals surface area contributed by atoms with E-state index in [1.54, 1.807) is 0 Å². The molecule has 0 bridgehead atoms. The van der Waals surface area contributed by atoms with Crippen LogP contribution < -0.4 is 10.6 Å². The molecule has 0 heterocycles. The molecule has 1 atom stereocenters. The second-order valence-corrected chi connectivity index (χ2v) is 5.77. The van der Waals surface area contributed by atoms with Gasteiger partial charge < -0.3 is 10.6 Å². The summed E-state index contributed by atoms with van der Waals surface area (Å²) >= 11 is 0. The molecule has 2 N–H and O–H groups in total. The lowest BCUT2D eigenvalue weighted by Crippen LogP contribution is -2.42. The molecule has 23 heavy (non-hydrogen) atoms. The zero-order chi connectivity index (χ0) is 16.7. The Balaban J connectivity index is 1.94. The van der Waals surface area contributed by atoms with Gasteiger partial charge in [0.2, 0.25) is 0 Å². The topological polar surface area (TPSA) is 58.2 Å². The third kappa shape index (κ3) is 4.95. The molecule has 1 unspecified atom stereocenters. The highest BCUT2D eigenvalue weighted by atomic mass is 16.2. The van der Waals surface area contributed by atoms with Crippen molar-refractivity contribution in [3.05, 3.63) is 71.8 Å². The molecular weight excluding hydrogens is 288 g/mol. The van der Waals surface area contributed by atoms with Crippen LogP contribution in [0.4, 0.5) is 0 Å². The summed E-state index contributed by atoms with van der Waals surface area (Å²) in [5, 5.41) is 5.46. The first kappa shape index (κ1) is 16.7. The molecule has 0 fully saturated rings. The maximum absolute atomic E-state index is 12.1. The van der Waals surface area contributed by atoms with Crippen LogP contribution in [0.1, 0.15) is 31.0 Å². The van der Waals surface area contributed by atoms with Gasteiger partial charge >= 0.3 is 11.8 Å². The summed E-state index contributed by atoms with van der Waals surface area (Å²) in [7, 11) is 0. The number of nitrogens with one attached hydrogen (secondary N) is 2. The molecule has 2 amide bonds. The SMILES string of the molecule is CC(C)C(NC(=O)C(=O)NCc1ccccc1)c1ccccc1. The van der Waals surface area contributed by atoms with Crippen LogP contribution in [0, 0.1) is 5.92 Å². The summed E-state index contributed by atoms with van der Waals surface area (Å²) in [5.74, 6) is -1.04. The second kappa shape index (κ2) is 8.13. The summed E-state index contributed by atoms with van der Waals surface area (Å²) in [6, 6.07) is 19.0. The molecule has 0 aliphatic carbocycles. The molecule has 0 aliphatic rings. The molecule has 4 heteroatoms. The van der Waals surface area contributed by atoms with E-state index in [1.807, 2.05) is 74.5 Å². The molecule has 0 aliphatic heterocycles. The monoisotopic (exact) mass is 310 g/mol. The van der Waals surface area contributed by atoms with Gasteiger partial charge in [-0.3, -0.25) is 9.59 Å². The average Bonchev–Trinajstić information content (AvgIpc) is 2.58. The van der Waals surface area contributed by atoms with E-state index >= 15 is 0 Å². The fraction of sp³-hybridized carbons (Fsp3) is 0.263. The number of carbonyl (C=O) groups excluding carboxylic acids is 2. The Hall–Kier alpha value is -2.62. The smallest absolute Gasteiger partial charge is 0.309 e. The third-order valence-electron chi connectivity index (χ3n) is 3.61. The van der Waals surface area contributed by atoms with Gasteiger partial charge in [0.25, 0.3) is 0 Å². The first-order chi connectivity index (χ1) is 11.1. The molecular formula is C19H22N2O2. The predicted molar refractivity (Wildman–Crippen MR) is 90.5 cm³/mol. The normalized spacial score (nSPS) is 11.8. The fourth-order valence-corrected chi connectivity index (χ4v) is 2.36. The molecule has 0 saturated carbocycles. The van der Waals surface area contributed by atoms with Crippen molar-refractivity contribution in [2.45, 2.75) is 26.4 Å². The summed E-state index contributed by atoms with van der Waals surface area (Å²) in [5.41, 5.74) is 1.95. The van der Waals surface area contributed by atoms with Crippen LogP contribution in [0.2, 0.25) is 0 Å². The highest BCUT2D eigenvalue weighted by Gasteiger charge is 2.22. The molecule has 0 aromatic heterocycles. The maximum Gasteiger partial charge on any atom is 0.309 e. The Bertz CT molecular complexity index is 639. The minimum atomic E-state index is -0.615. The lowest BCUT2D eigenvalue weighted by Gasteiger charge is -2.22. The molecule has 0 radical (unpaired) electrons. The number of hydrogen-bond donors (Lipinski definition) is 2.